The van der Waals surface area contributed by atoms with Crippen molar-refractivity contribution in [2.24, 2.45) is 5.92 Å². The average Bonchev–Trinajstić information content (AvgIpc) is 3.18. The maximum atomic E-state index is 13.3. The molecule has 1 aromatic carbocycles. The number of likely N-dealkylation sites (tertiary alicyclic amines) is 1. The lowest BCUT2D eigenvalue weighted by Crippen LogP contribution is -2.49. The first kappa shape index (κ1) is 30.6. The molecule has 0 spiro atoms. The Balaban J connectivity index is 1.41. The van der Waals surface area contributed by atoms with Crippen molar-refractivity contribution >= 4 is 34.4 Å². The molecule has 1 atom stereocenters. The zero-order valence-corrected chi connectivity index (χ0v) is 26.2. The van der Waals surface area contributed by atoms with Gasteiger partial charge in [0.2, 0.25) is 0 Å². The third-order valence-corrected chi connectivity index (χ3v) is 8.50. The number of benzene rings is 1. The van der Waals surface area contributed by atoms with E-state index in [1.54, 1.807) is 11.1 Å². The molecule has 2 aromatic heterocycles. The molecule has 2 aliphatic rings. The highest BCUT2D eigenvalue weighted by Gasteiger charge is 2.39. The van der Waals surface area contributed by atoms with E-state index in [2.05, 4.69) is 24.1 Å². The monoisotopic (exact) mass is 592 g/mol. The molecule has 2 N–H and O–H groups in total. The molecule has 0 unspecified atom stereocenters. The number of nitrogens with one attached hydrogen (secondary N) is 2. The second-order valence-corrected chi connectivity index (χ2v) is 13.0. The lowest BCUT2D eigenvalue weighted by atomic mass is 9.85. The Hall–Kier alpha value is -3.86. The van der Waals surface area contributed by atoms with Crippen LogP contribution in [-0.4, -0.2) is 81.6 Å². The molecule has 0 saturated carbocycles. The maximum Gasteiger partial charge on any atom is 0.410 e. The van der Waals surface area contributed by atoms with Gasteiger partial charge in [0.15, 0.2) is 5.82 Å². The Kier molecular flexibility index (Phi) is 8.56. The summed E-state index contributed by atoms with van der Waals surface area (Å²) < 4.78 is 13.2. The van der Waals surface area contributed by atoms with Crippen LogP contribution in [0.15, 0.2) is 35.3 Å². The maximum absolute atomic E-state index is 13.3. The van der Waals surface area contributed by atoms with Gasteiger partial charge in [-0.25, -0.2) is 4.79 Å². The van der Waals surface area contributed by atoms with Crippen molar-refractivity contribution in [2.75, 3.05) is 44.7 Å². The van der Waals surface area contributed by atoms with E-state index >= 15 is 0 Å². The van der Waals surface area contributed by atoms with Crippen LogP contribution < -0.4 is 10.9 Å². The van der Waals surface area contributed by atoms with Crippen LogP contribution >= 0.6 is 0 Å². The third kappa shape index (κ3) is 6.41. The number of ether oxygens (including phenoxy) is 2. The van der Waals surface area contributed by atoms with Gasteiger partial charge in [0.25, 0.3) is 11.5 Å². The number of hydrogen-bond acceptors (Lipinski definition) is 7. The van der Waals surface area contributed by atoms with E-state index in [9.17, 15) is 14.4 Å². The Morgan fingerprint density at radius 1 is 1.16 bits per heavy atom. The van der Waals surface area contributed by atoms with Crippen LogP contribution in [0.3, 0.4) is 0 Å². The van der Waals surface area contributed by atoms with Crippen LogP contribution in [0.25, 0.3) is 10.9 Å². The van der Waals surface area contributed by atoms with Gasteiger partial charge >= 0.3 is 6.09 Å². The number of rotatable bonds is 5. The molecule has 4 heterocycles. The number of amides is 2. The summed E-state index contributed by atoms with van der Waals surface area (Å²) in [6.45, 7) is 15.2. The van der Waals surface area contributed by atoms with E-state index in [1.165, 1.54) is 0 Å². The molecule has 2 saturated heterocycles. The van der Waals surface area contributed by atoms with Crippen LogP contribution in [0.5, 0.6) is 0 Å². The van der Waals surface area contributed by atoms with E-state index < -0.39 is 5.60 Å². The zero-order chi connectivity index (χ0) is 30.9. The van der Waals surface area contributed by atoms with Crippen molar-refractivity contribution in [1.82, 2.24) is 24.6 Å². The van der Waals surface area contributed by atoms with Crippen molar-refractivity contribution in [1.29, 1.82) is 0 Å². The first-order valence-electron chi connectivity index (χ1n) is 15.2. The fourth-order valence-electron chi connectivity index (χ4n) is 6.13. The van der Waals surface area contributed by atoms with Crippen LogP contribution in [0.2, 0.25) is 0 Å². The number of carbonyl (C=O) groups is 2. The summed E-state index contributed by atoms with van der Waals surface area (Å²) in [5, 5.41) is 8.82. The minimum absolute atomic E-state index is 0.00446. The fraction of sp³-hybridized carbons (Fsp3) is 0.562. The highest BCUT2D eigenvalue weighted by Crippen LogP contribution is 2.38. The van der Waals surface area contributed by atoms with Gasteiger partial charge in [0.05, 0.1) is 24.3 Å². The summed E-state index contributed by atoms with van der Waals surface area (Å²) >= 11 is 0. The van der Waals surface area contributed by atoms with Gasteiger partial charge in [-0.2, -0.15) is 5.10 Å². The van der Waals surface area contributed by atoms with E-state index in [0.29, 0.717) is 69.0 Å². The highest BCUT2D eigenvalue weighted by molar-refractivity contribution is 5.96. The second-order valence-electron chi connectivity index (χ2n) is 13.0. The van der Waals surface area contributed by atoms with Gasteiger partial charge in [-0.1, -0.05) is 13.8 Å². The van der Waals surface area contributed by atoms with Gasteiger partial charge < -0.3 is 29.6 Å². The molecule has 2 aliphatic heterocycles. The van der Waals surface area contributed by atoms with Crippen molar-refractivity contribution in [3.05, 3.63) is 51.9 Å². The summed E-state index contributed by atoms with van der Waals surface area (Å²) in [6, 6.07) is 7.49. The predicted molar refractivity (Wildman–Crippen MR) is 166 cm³/mol. The number of piperidine rings is 1. The largest absolute Gasteiger partial charge is 0.444 e. The van der Waals surface area contributed by atoms with Crippen molar-refractivity contribution in [3.63, 3.8) is 0 Å². The molecule has 2 fully saturated rings. The molecule has 43 heavy (non-hydrogen) atoms. The number of aromatic amines is 1. The van der Waals surface area contributed by atoms with Crippen LogP contribution in [0, 0.1) is 12.8 Å². The number of pyridine rings is 1. The van der Waals surface area contributed by atoms with Gasteiger partial charge in [-0.3, -0.25) is 14.3 Å². The van der Waals surface area contributed by atoms with E-state index in [0.717, 1.165) is 23.2 Å². The fourth-order valence-corrected chi connectivity index (χ4v) is 6.13. The minimum Gasteiger partial charge on any atom is -0.444 e. The number of nitrogens with zero attached hydrogens (tertiary/aromatic N) is 4. The number of fused-ring (bicyclic) bond motifs is 1. The third-order valence-electron chi connectivity index (χ3n) is 8.50. The van der Waals surface area contributed by atoms with Gasteiger partial charge in [0.1, 0.15) is 11.0 Å². The normalized spacial score (nSPS) is 19.3. The molecule has 0 aliphatic carbocycles. The molecule has 2 amide bonds. The lowest BCUT2D eigenvalue weighted by Gasteiger charge is -2.42. The molecular weight excluding hydrogens is 548 g/mol. The second kappa shape index (κ2) is 12.0. The standard InChI is InChI=1S/C32H44N6O5/c1-7-32(11-14-36(15-12-32)30(41)43-31(4,5)6)38-25-10-13-33-28(39)26(25)27(35-38)34-23-8-9-24(22(3)18-23)29(40)37-16-17-42-20-21(2)19-37/h8-10,13,18,21H,7,11-12,14-17,19-20H2,1-6H3,(H,33,39)(H,34,35)/t21-/m0/s1. The molecule has 0 radical (unpaired) electrons. The van der Waals surface area contributed by atoms with Crippen molar-refractivity contribution < 1.29 is 19.1 Å². The SMILES string of the molecule is CCC1(n2nc(Nc3ccc(C(=O)N4CCOC[C@@H](C)C4)c(C)c3)c3c(=O)[nH]ccc32)CCN(C(=O)OC(C)(C)C)CC1. The van der Waals surface area contributed by atoms with Gasteiger partial charge in [-0.15, -0.1) is 0 Å². The van der Waals surface area contributed by atoms with Crippen LogP contribution in [0.1, 0.15) is 69.8 Å². The number of carbonyl (C=O) groups excluding carboxylic acids is 2. The number of aromatic nitrogens is 3. The summed E-state index contributed by atoms with van der Waals surface area (Å²) in [4.78, 5) is 45.6. The summed E-state index contributed by atoms with van der Waals surface area (Å²) in [6.07, 6.45) is 3.49. The number of aryl methyl sites for hydroxylation is 1. The number of hydrogen-bond donors (Lipinski definition) is 2. The predicted octanol–water partition coefficient (Wildman–Crippen LogP) is 5.02. The minimum atomic E-state index is -0.555. The van der Waals surface area contributed by atoms with Crippen LogP contribution in [0.4, 0.5) is 16.3 Å². The van der Waals surface area contributed by atoms with Crippen molar-refractivity contribution in [3.8, 4) is 0 Å². The number of anilines is 2. The Morgan fingerprint density at radius 3 is 2.58 bits per heavy atom. The molecule has 11 heteroatoms. The lowest BCUT2D eigenvalue weighted by molar-refractivity contribution is 0.0101. The summed E-state index contributed by atoms with van der Waals surface area (Å²) in [5.41, 5.74) is 1.80. The van der Waals surface area contributed by atoms with E-state index in [4.69, 9.17) is 14.6 Å². The first-order valence-corrected chi connectivity index (χ1v) is 15.2. The molecule has 11 nitrogen and oxygen atoms in total. The summed E-state index contributed by atoms with van der Waals surface area (Å²) in [5.74, 6) is 0.733. The Morgan fingerprint density at radius 2 is 1.91 bits per heavy atom. The first-order chi connectivity index (χ1) is 20.4. The highest BCUT2D eigenvalue weighted by atomic mass is 16.6. The zero-order valence-electron chi connectivity index (χ0n) is 26.2. The van der Waals surface area contributed by atoms with E-state index in [-0.39, 0.29) is 29.0 Å². The topological polar surface area (TPSA) is 122 Å². The van der Waals surface area contributed by atoms with Gasteiger partial charge in [-0.05, 0) is 82.7 Å². The molecule has 0 bridgehead atoms. The molecular formula is C32H44N6O5. The van der Waals surface area contributed by atoms with Gasteiger partial charge in [0, 0.05) is 43.6 Å². The van der Waals surface area contributed by atoms with E-state index in [1.807, 2.05) is 61.5 Å². The molecule has 3 aromatic rings. The van der Waals surface area contributed by atoms with Crippen LogP contribution in [-0.2, 0) is 15.0 Å². The molecule has 5 rings (SSSR count). The molecule has 232 valence electrons. The van der Waals surface area contributed by atoms with Crippen molar-refractivity contribution in [2.45, 2.75) is 71.9 Å². The Labute approximate surface area is 252 Å². The quantitative estimate of drug-likeness (QED) is 0.427. The smallest absolute Gasteiger partial charge is 0.410 e. The number of H-pyrrole nitrogens is 1. The summed E-state index contributed by atoms with van der Waals surface area (Å²) in [7, 11) is 0. The Bertz CT molecular complexity index is 1550. The average molecular weight is 593 g/mol.